The molecule has 3 aromatic carbocycles. The van der Waals surface area contributed by atoms with Gasteiger partial charge in [0.05, 0.1) is 12.3 Å². The quantitative estimate of drug-likeness (QED) is 0.202. The van der Waals surface area contributed by atoms with Crippen LogP contribution >= 0.6 is 15.9 Å². The molecule has 4 amide bonds. The number of ether oxygens (including phenoxy) is 3. The zero-order valence-corrected chi connectivity index (χ0v) is 22.8. The molecule has 1 aliphatic rings. The monoisotopic (exact) mass is 578 g/mol. The van der Waals surface area contributed by atoms with Gasteiger partial charge in [-0.05, 0) is 86.0 Å². The molecule has 0 spiro atoms. The van der Waals surface area contributed by atoms with Crippen molar-refractivity contribution in [3.05, 3.63) is 87.4 Å². The van der Waals surface area contributed by atoms with Crippen molar-refractivity contribution in [1.29, 1.82) is 0 Å². The number of carbonyl (C=O) groups is 3. The molecule has 0 bridgehead atoms. The molecule has 4 rings (SSSR count). The summed E-state index contributed by atoms with van der Waals surface area (Å²) in [5.74, 6) is 0.285. The summed E-state index contributed by atoms with van der Waals surface area (Å²) in [4.78, 5) is 39.0. The van der Waals surface area contributed by atoms with Crippen LogP contribution in [0.4, 0.5) is 10.5 Å². The highest BCUT2D eigenvalue weighted by molar-refractivity contribution is 9.10. The third-order valence-corrected chi connectivity index (χ3v) is 6.24. The Morgan fingerprint density at radius 2 is 1.55 bits per heavy atom. The average Bonchev–Trinajstić information content (AvgIpc) is 2.88. The van der Waals surface area contributed by atoms with E-state index in [0.717, 1.165) is 26.2 Å². The van der Waals surface area contributed by atoms with Crippen LogP contribution in [0.1, 0.15) is 23.6 Å². The van der Waals surface area contributed by atoms with E-state index in [9.17, 15) is 14.4 Å². The summed E-state index contributed by atoms with van der Waals surface area (Å²) in [5, 5.41) is 2.23. The van der Waals surface area contributed by atoms with E-state index in [1.54, 1.807) is 42.5 Å². The number of nitrogens with one attached hydrogen (secondary N) is 1. The van der Waals surface area contributed by atoms with Crippen LogP contribution < -0.4 is 24.4 Å². The first-order chi connectivity index (χ1) is 18.3. The fraction of sp³-hybridized carbons (Fsp3) is 0.207. The summed E-state index contributed by atoms with van der Waals surface area (Å²) in [6.07, 6.45) is 1.42. The molecule has 0 aromatic heterocycles. The van der Waals surface area contributed by atoms with Gasteiger partial charge in [0.15, 0.2) is 11.5 Å². The van der Waals surface area contributed by atoms with Gasteiger partial charge in [-0.2, -0.15) is 0 Å². The van der Waals surface area contributed by atoms with Gasteiger partial charge >= 0.3 is 6.03 Å². The number of benzene rings is 3. The fourth-order valence-electron chi connectivity index (χ4n) is 3.82. The molecule has 1 aliphatic heterocycles. The highest BCUT2D eigenvalue weighted by Crippen LogP contribution is 2.30. The largest absolute Gasteiger partial charge is 0.490 e. The number of hydrogen-bond acceptors (Lipinski definition) is 6. The average molecular weight is 579 g/mol. The first kappa shape index (κ1) is 26.9. The molecule has 0 radical (unpaired) electrons. The Labute approximate surface area is 229 Å². The molecule has 38 heavy (non-hydrogen) atoms. The van der Waals surface area contributed by atoms with E-state index in [2.05, 4.69) is 21.2 Å². The normalized spacial score (nSPS) is 14.5. The smallest absolute Gasteiger partial charge is 0.335 e. The Hall–Kier alpha value is -4.11. The molecule has 8 nitrogen and oxygen atoms in total. The number of imide groups is 2. The van der Waals surface area contributed by atoms with E-state index >= 15 is 0 Å². The number of hydrogen-bond donors (Lipinski definition) is 1. The molecule has 196 valence electrons. The van der Waals surface area contributed by atoms with E-state index in [1.165, 1.54) is 6.08 Å². The first-order valence-electron chi connectivity index (χ1n) is 12.0. The summed E-state index contributed by atoms with van der Waals surface area (Å²) in [6, 6.07) is 16.9. The predicted molar refractivity (Wildman–Crippen MR) is 148 cm³/mol. The van der Waals surface area contributed by atoms with Gasteiger partial charge in [-0.15, -0.1) is 0 Å². The van der Waals surface area contributed by atoms with Crippen LogP contribution in [0.2, 0.25) is 0 Å². The SMILES string of the molecule is CCOc1cc(C=C2C(=O)NC(=O)N(c3ccc(Br)cc3)C2=O)ccc1OCCOc1cc(C)ccc1C. The zero-order valence-electron chi connectivity index (χ0n) is 21.2. The van der Waals surface area contributed by atoms with Crippen molar-refractivity contribution in [2.75, 3.05) is 24.7 Å². The number of amides is 4. The van der Waals surface area contributed by atoms with Crippen molar-refractivity contribution in [3.63, 3.8) is 0 Å². The molecule has 1 heterocycles. The standard InChI is InChI=1S/C29H27BrN2O6/c1-4-36-26-17-20(7-12-24(26)37-13-14-38-25-15-18(2)5-6-19(25)3)16-23-27(33)31-29(35)32(28(23)34)22-10-8-21(30)9-11-22/h5-12,15-17H,4,13-14H2,1-3H3,(H,31,33,35). The van der Waals surface area contributed by atoms with Crippen LogP contribution in [-0.2, 0) is 9.59 Å². The number of rotatable bonds is 9. The van der Waals surface area contributed by atoms with Crippen molar-refractivity contribution >= 4 is 45.5 Å². The summed E-state index contributed by atoms with van der Waals surface area (Å²) >= 11 is 3.33. The van der Waals surface area contributed by atoms with Crippen molar-refractivity contribution < 1.29 is 28.6 Å². The van der Waals surface area contributed by atoms with Crippen LogP contribution in [0, 0.1) is 13.8 Å². The van der Waals surface area contributed by atoms with E-state index in [4.69, 9.17) is 14.2 Å². The van der Waals surface area contributed by atoms with E-state index < -0.39 is 17.8 Å². The second-order valence-corrected chi connectivity index (χ2v) is 9.46. The molecular formula is C29H27BrN2O6. The second-order valence-electron chi connectivity index (χ2n) is 8.54. The van der Waals surface area contributed by atoms with Crippen LogP contribution in [0.15, 0.2) is 70.7 Å². The number of urea groups is 1. The topological polar surface area (TPSA) is 94.2 Å². The fourth-order valence-corrected chi connectivity index (χ4v) is 4.08. The number of anilines is 1. The van der Waals surface area contributed by atoms with Gasteiger partial charge in [0, 0.05) is 4.47 Å². The van der Waals surface area contributed by atoms with Crippen molar-refractivity contribution in [2.45, 2.75) is 20.8 Å². The van der Waals surface area contributed by atoms with Gasteiger partial charge in [-0.1, -0.05) is 34.1 Å². The minimum absolute atomic E-state index is 0.175. The molecule has 1 N–H and O–H groups in total. The zero-order chi connectivity index (χ0) is 27.2. The van der Waals surface area contributed by atoms with E-state index in [1.807, 2.05) is 39.0 Å². The molecule has 1 saturated heterocycles. The third-order valence-electron chi connectivity index (χ3n) is 5.71. The van der Waals surface area contributed by atoms with E-state index in [-0.39, 0.29) is 5.57 Å². The minimum atomic E-state index is -0.804. The maximum atomic E-state index is 13.1. The summed E-state index contributed by atoms with van der Waals surface area (Å²) in [7, 11) is 0. The van der Waals surface area contributed by atoms with Gasteiger partial charge in [0.1, 0.15) is 24.5 Å². The number of halogens is 1. The first-order valence-corrected chi connectivity index (χ1v) is 12.8. The lowest BCUT2D eigenvalue weighted by Crippen LogP contribution is -2.54. The predicted octanol–water partition coefficient (Wildman–Crippen LogP) is 5.59. The van der Waals surface area contributed by atoms with Crippen LogP contribution in [0.5, 0.6) is 17.2 Å². The Bertz CT molecular complexity index is 1400. The minimum Gasteiger partial charge on any atom is -0.490 e. The Kier molecular flexibility index (Phi) is 8.48. The molecule has 3 aromatic rings. The molecule has 9 heteroatoms. The molecule has 0 atom stereocenters. The Morgan fingerprint density at radius 3 is 2.26 bits per heavy atom. The summed E-state index contributed by atoms with van der Waals surface area (Å²) in [5.41, 5.74) is 2.87. The van der Waals surface area contributed by atoms with E-state index in [0.29, 0.717) is 42.6 Å². The lowest BCUT2D eigenvalue weighted by Gasteiger charge is -2.26. The van der Waals surface area contributed by atoms with Crippen molar-refractivity contribution in [3.8, 4) is 17.2 Å². The second kappa shape index (κ2) is 12.0. The Morgan fingerprint density at radius 1 is 0.842 bits per heavy atom. The molecule has 0 saturated carbocycles. The number of nitrogens with zero attached hydrogens (tertiary/aromatic N) is 1. The lowest BCUT2D eigenvalue weighted by atomic mass is 10.1. The number of aryl methyl sites for hydroxylation is 2. The Balaban J connectivity index is 1.50. The summed E-state index contributed by atoms with van der Waals surface area (Å²) in [6.45, 7) is 6.87. The van der Waals surface area contributed by atoms with Gasteiger partial charge < -0.3 is 14.2 Å². The maximum Gasteiger partial charge on any atom is 0.335 e. The van der Waals surface area contributed by atoms with Gasteiger partial charge in [-0.3, -0.25) is 14.9 Å². The summed E-state index contributed by atoms with van der Waals surface area (Å²) < 4.78 is 18.3. The van der Waals surface area contributed by atoms with Crippen molar-refractivity contribution in [2.24, 2.45) is 0 Å². The molecule has 1 fully saturated rings. The maximum absolute atomic E-state index is 13.1. The third kappa shape index (κ3) is 6.23. The van der Waals surface area contributed by atoms with Crippen LogP contribution in [0.3, 0.4) is 0 Å². The molecule has 0 unspecified atom stereocenters. The van der Waals surface area contributed by atoms with Crippen LogP contribution in [-0.4, -0.2) is 37.7 Å². The highest BCUT2D eigenvalue weighted by Gasteiger charge is 2.36. The molecule has 0 aliphatic carbocycles. The number of barbiturate groups is 1. The molecular weight excluding hydrogens is 552 g/mol. The lowest BCUT2D eigenvalue weighted by molar-refractivity contribution is -0.122. The van der Waals surface area contributed by atoms with Gasteiger partial charge in [0.25, 0.3) is 11.8 Å². The van der Waals surface area contributed by atoms with Crippen molar-refractivity contribution in [1.82, 2.24) is 5.32 Å². The van der Waals surface area contributed by atoms with Crippen LogP contribution in [0.25, 0.3) is 6.08 Å². The van der Waals surface area contributed by atoms with Gasteiger partial charge in [-0.25, -0.2) is 9.69 Å². The highest BCUT2D eigenvalue weighted by atomic mass is 79.9. The number of carbonyl (C=O) groups excluding carboxylic acids is 3. The van der Waals surface area contributed by atoms with Gasteiger partial charge in [0.2, 0.25) is 0 Å².